The summed E-state index contributed by atoms with van der Waals surface area (Å²) in [5, 5.41) is 7.00. The van der Waals surface area contributed by atoms with Gasteiger partial charge in [0, 0.05) is 50.0 Å². The van der Waals surface area contributed by atoms with Crippen LogP contribution in [0, 0.1) is 11.7 Å². The van der Waals surface area contributed by atoms with Gasteiger partial charge in [-0.05, 0) is 24.8 Å². The number of anilines is 1. The lowest BCUT2D eigenvalue weighted by Gasteiger charge is -2.32. The van der Waals surface area contributed by atoms with Crippen LogP contribution in [0.25, 0.3) is 22.4 Å². The number of aromatic nitrogens is 4. The molecule has 4 rings (SSSR count). The van der Waals surface area contributed by atoms with Crippen LogP contribution in [0.15, 0.2) is 24.7 Å². The topological polar surface area (TPSA) is 98.8 Å². The van der Waals surface area contributed by atoms with E-state index >= 15 is 0 Å². The zero-order valence-corrected chi connectivity index (χ0v) is 16.6. The number of aromatic amines is 1. The normalized spacial score (nSPS) is 16.8. The molecule has 3 N–H and O–H groups in total. The summed E-state index contributed by atoms with van der Waals surface area (Å²) in [4.78, 5) is 29.4. The minimum absolute atomic E-state index is 0.0863. The summed E-state index contributed by atoms with van der Waals surface area (Å²) in [5.74, 6) is 0.204. The summed E-state index contributed by atoms with van der Waals surface area (Å²) in [5.41, 5.74) is 1.35. The van der Waals surface area contributed by atoms with Crippen molar-refractivity contribution in [3.8, 4) is 11.4 Å². The Kier molecular flexibility index (Phi) is 5.48. The molecule has 3 aromatic heterocycles. The number of urea groups is 1. The number of amides is 2. The van der Waals surface area contributed by atoms with Crippen molar-refractivity contribution in [3.05, 3.63) is 35.5 Å². The van der Waals surface area contributed by atoms with E-state index in [1.165, 1.54) is 0 Å². The van der Waals surface area contributed by atoms with Crippen LogP contribution in [0.5, 0.6) is 0 Å². The first-order chi connectivity index (χ1) is 14.0. The van der Waals surface area contributed by atoms with Crippen LogP contribution in [-0.2, 0) is 0 Å². The predicted molar refractivity (Wildman–Crippen MR) is 109 cm³/mol. The van der Waals surface area contributed by atoms with Crippen molar-refractivity contribution in [1.82, 2.24) is 30.2 Å². The van der Waals surface area contributed by atoms with Gasteiger partial charge in [0.05, 0.1) is 11.2 Å². The second-order valence-electron chi connectivity index (χ2n) is 7.03. The summed E-state index contributed by atoms with van der Waals surface area (Å²) >= 11 is 6.05. The van der Waals surface area contributed by atoms with E-state index in [1.54, 1.807) is 30.4 Å². The molecule has 0 bridgehead atoms. The van der Waals surface area contributed by atoms with E-state index in [1.807, 2.05) is 0 Å². The summed E-state index contributed by atoms with van der Waals surface area (Å²) < 4.78 is 14.3. The first-order valence-electron chi connectivity index (χ1n) is 9.41. The summed E-state index contributed by atoms with van der Waals surface area (Å²) in [6, 6.07) is 1.68. The predicted octanol–water partition coefficient (Wildman–Crippen LogP) is 3.28. The van der Waals surface area contributed by atoms with Gasteiger partial charge >= 0.3 is 6.03 Å². The largest absolute Gasteiger partial charge is 0.367 e. The van der Waals surface area contributed by atoms with Crippen LogP contribution in [0.1, 0.15) is 12.8 Å². The lowest BCUT2D eigenvalue weighted by Crippen LogP contribution is -2.45. The highest BCUT2D eigenvalue weighted by atomic mass is 35.5. The Bertz CT molecular complexity index is 1040. The number of H-pyrrole nitrogens is 1. The standard InChI is InChI=1S/C19H21ClFN7O/c1-22-19(29)28-4-2-3-11(10-28)6-23-18-15(21)9-26-17(27-18)14-8-25-16-13(14)5-12(20)7-24-16/h5,7-9,11H,2-4,6,10H2,1H3,(H,22,29)(H,24,25)(H,23,26,27)/t11-/m0/s1. The molecule has 0 radical (unpaired) electrons. The molecule has 1 aliphatic rings. The second-order valence-corrected chi connectivity index (χ2v) is 7.47. The maximum Gasteiger partial charge on any atom is 0.317 e. The molecule has 8 nitrogen and oxygen atoms in total. The number of fused-ring (bicyclic) bond motifs is 1. The number of nitrogens with zero attached hydrogens (tertiary/aromatic N) is 4. The van der Waals surface area contributed by atoms with E-state index < -0.39 is 5.82 Å². The number of likely N-dealkylation sites (tertiary alicyclic amines) is 1. The molecule has 0 aromatic carbocycles. The summed E-state index contributed by atoms with van der Waals surface area (Å²) in [6.45, 7) is 1.88. The van der Waals surface area contributed by atoms with Crippen molar-refractivity contribution in [1.29, 1.82) is 0 Å². The average molecular weight is 418 g/mol. The van der Waals surface area contributed by atoms with Crippen molar-refractivity contribution in [3.63, 3.8) is 0 Å². The van der Waals surface area contributed by atoms with Crippen LogP contribution in [0.3, 0.4) is 0 Å². The molecule has 152 valence electrons. The quantitative estimate of drug-likeness (QED) is 0.605. The van der Waals surface area contributed by atoms with E-state index in [9.17, 15) is 9.18 Å². The van der Waals surface area contributed by atoms with Crippen LogP contribution in [0.2, 0.25) is 5.02 Å². The molecule has 2 amide bonds. The van der Waals surface area contributed by atoms with Gasteiger partial charge < -0.3 is 20.5 Å². The number of piperidine rings is 1. The molecule has 1 aliphatic heterocycles. The number of carbonyl (C=O) groups is 1. The molecular weight excluding hydrogens is 397 g/mol. The minimum Gasteiger partial charge on any atom is -0.367 e. The number of carbonyl (C=O) groups excluding carboxylic acids is 1. The van der Waals surface area contributed by atoms with Gasteiger partial charge in [-0.15, -0.1) is 0 Å². The van der Waals surface area contributed by atoms with Crippen LogP contribution >= 0.6 is 11.6 Å². The number of rotatable bonds is 4. The van der Waals surface area contributed by atoms with Crippen molar-refractivity contribution in [2.75, 3.05) is 32.0 Å². The Labute approximate surface area is 171 Å². The van der Waals surface area contributed by atoms with E-state index in [0.29, 0.717) is 35.1 Å². The van der Waals surface area contributed by atoms with E-state index in [0.717, 1.165) is 31.0 Å². The van der Waals surface area contributed by atoms with Gasteiger partial charge in [0.2, 0.25) is 0 Å². The van der Waals surface area contributed by atoms with Gasteiger partial charge in [-0.2, -0.15) is 0 Å². The Morgan fingerprint density at radius 2 is 2.28 bits per heavy atom. The lowest BCUT2D eigenvalue weighted by atomic mass is 9.98. The number of pyridine rings is 1. The zero-order chi connectivity index (χ0) is 20.4. The van der Waals surface area contributed by atoms with Gasteiger partial charge in [0.25, 0.3) is 0 Å². The fourth-order valence-corrected chi connectivity index (χ4v) is 3.76. The molecule has 10 heteroatoms. The first kappa shape index (κ1) is 19.4. The van der Waals surface area contributed by atoms with Crippen LogP contribution < -0.4 is 10.6 Å². The number of nitrogens with one attached hydrogen (secondary N) is 3. The minimum atomic E-state index is -0.524. The molecule has 3 aromatic rings. The second kappa shape index (κ2) is 8.20. The highest BCUT2D eigenvalue weighted by Crippen LogP contribution is 2.28. The molecule has 1 atom stereocenters. The van der Waals surface area contributed by atoms with Gasteiger partial charge in [-0.25, -0.2) is 24.1 Å². The van der Waals surface area contributed by atoms with Crippen LogP contribution in [0.4, 0.5) is 15.0 Å². The summed E-state index contributed by atoms with van der Waals surface area (Å²) in [6.07, 6.45) is 6.31. The van der Waals surface area contributed by atoms with E-state index in [-0.39, 0.29) is 17.8 Å². The number of halogens is 2. The van der Waals surface area contributed by atoms with Crippen molar-refractivity contribution in [2.45, 2.75) is 12.8 Å². The Hall–Kier alpha value is -2.94. The molecule has 0 saturated carbocycles. The average Bonchev–Trinajstić information content (AvgIpc) is 3.16. The molecule has 0 unspecified atom stereocenters. The molecule has 0 aliphatic carbocycles. The van der Waals surface area contributed by atoms with Gasteiger partial charge in [-0.1, -0.05) is 11.6 Å². The lowest BCUT2D eigenvalue weighted by molar-refractivity contribution is 0.170. The van der Waals surface area contributed by atoms with Crippen molar-refractivity contribution < 1.29 is 9.18 Å². The van der Waals surface area contributed by atoms with Crippen molar-refractivity contribution >= 4 is 34.5 Å². The monoisotopic (exact) mass is 417 g/mol. The third-order valence-corrected chi connectivity index (χ3v) is 5.27. The molecular formula is C19H21ClFN7O. The fraction of sp³-hybridized carbons (Fsp3) is 0.368. The maximum atomic E-state index is 14.3. The van der Waals surface area contributed by atoms with Gasteiger partial charge in [-0.3, -0.25) is 0 Å². The molecule has 0 spiro atoms. The van der Waals surface area contributed by atoms with E-state index in [4.69, 9.17) is 11.6 Å². The maximum absolute atomic E-state index is 14.3. The molecule has 1 fully saturated rings. The molecule has 29 heavy (non-hydrogen) atoms. The Morgan fingerprint density at radius 3 is 3.10 bits per heavy atom. The first-order valence-corrected chi connectivity index (χ1v) is 9.79. The van der Waals surface area contributed by atoms with Crippen molar-refractivity contribution in [2.24, 2.45) is 5.92 Å². The highest BCUT2D eigenvalue weighted by Gasteiger charge is 2.23. The molecule has 4 heterocycles. The highest BCUT2D eigenvalue weighted by molar-refractivity contribution is 6.31. The fourth-order valence-electron chi connectivity index (χ4n) is 3.60. The number of hydrogen-bond donors (Lipinski definition) is 3. The van der Waals surface area contributed by atoms with E-state index in [2.05, 4.69) is 30.6 Å². The zero-order valence-electron chi connectivity index (χ0n) is 15.9. The third-order valence-electron chi connectivity index (χ3n) is 5.06. The third kappa shape index (κ3) is 4.09. The van der Waals surface area contributed by atoms with Gasteiger partial charge in [0.15, 0.2) is 17.5 Å². The Morgan fingerprint density at radius 1 is 1.41 bits per heavy atom. The van der Waals surface area contributed by atoms with Gasteiger partial charge in [0.1, 0.15) is 5.65 Å². The SMILES string of the molecule is CNC(=O)N1CCC[C@@H](CNc2nc(-c3c[nH]c4ncc(Cl)cc34)ncc2F)C1. The Balaban J connectivity index is 1.51. The molecule has 1 saturated heterocycles. The summed E-state index contributed by atoms with van der Waals surface area (Å²) in [7, 11) is 1.62. The smallest absolute Gasteiger partial charge is 0.317 e. The van der Waals surface area contributed by atoms with Crippen LogP contribution in [-0.4, -0.2) is 57.5 Å². The number of hydrogen-bond acceptors (Lipinski definition) is 5.